The van der Waals surface area contributed by atoms with Gasteiger partial charge in [0.05, 0.1) is 5.69 Å². The third-order valence-corrected chi connectivity index (χ3v) is 3.82. The minimum absolute atomic E-state index is 0.344. The van der Waals surface area contributed by atoms with E-state index in [-0.39, 0.29) is 0 Å². The Morgan fingerprint density at radius 3 is 2.64 bits per heavy atom. The average molecular weight is 316 g/mol. The van der Waals surface area contributed by atoms with Gasteiger partial charge >= 0.3 is 0 Å². The fourth-order valence-corrected chi connectivity index (χ4v) is 2.67. The molecule has 0 saturated heterocycles. The molecule has 112 valence electrons. The van der Waals surface area contributed by atoms with Crippen molar-refractivity contribution >= 4 is 39.6 Å². The highest BCUT2D eigenvalue weighted by atomic mass is 35.5. The van der Waals surface area contributed by atoms with Gasteiger partial charge in [-0.05, 0) is 36.8 Å². The zero-order valence-corrected chi connectivity index (χ0v) is 13.0. The summed E-state index contributed by atoms with van der Waals surface area (Å²) in [5, 5.41) is 8.56. The van der Waals surface area contributed by atoms with E-state index in [1.54, 1.807) is 18.3 Å². The Morgan fingerprint density at radius 1 is 1.09 bits per heavy atom. The summed E-state index contributed by atoms with van der Waals surface area (Å²) in [5.41, 5.74) is 2.53. The van der Waals surface area contributed by atoms with E-state index >= 15 is 0 Å². The van der Waals surface area contributed by atoms with E-state index in [1.165, 1.54) is 6.07 Å². The van der Waals surface area contributed by atoms with Crippen LogP contribution in [0.5, 0.6) is 0 Å². The van der Waals surface area contributed by atoms with Gasteiger partial charge in [0, 0.05) is 34.7 Å². The quantitative estimate of drug-likeness (QED) is 0.704. The Kier molecular flexibility index (Phi) is 3.86. The van der Waals surface area contributed by atoms with Gasteiger partial charge in [0.1, 0.15) is 11.6 Å². The lowest BCUT2D eigenvalue weighted by molar-refractivity contribution is 0.632. The topological polar surface area (TPSA) is 37.0 Å². The van der Waals surface area contributed by atoms with Gasteiger partial charge in [-0.2, -0.15) is 0 Å². The predicted molar refractivity (Wildman–Crippen MR) is 90.7 cm³/mol. The summed E-state index contributed by atoms with van der Waals surface area (Å²) in [6.45, 7) is 2.04. The van der Waals surface area contributed by atoms with Crippen LogP contribution in [0.15, 0.2) is 42.6 Å². The first-order chi connectivity index (χ1) is 10.6. The first-order valence-corrected chi connectivity index (χ1v) is 7.26. The highest BCUT2D eigenvalue weighted by Gasteiger charge is 2.10. The lowest BCUT2D eigenvalue weighted by atomic mass is 10.1. The molecule has 5 heteroatoms. The van der Waals surface area contributed by atoms with Gasteiger partial charge in [0.2, 0.25) is 0 Å². The molecule has 0 atom stereocenters. The molecule has 3 rings (SSSR count). The van der Waals surface area contributed by atoms with Crippen LogP contribution in [0.4, 0.5) is 21.6 Å². The van der Waals surface area contributed by atoms with Crippen LogP contribution < -0.4 is 10.6 Å². The standard InChI is InChI=1S/C17H15ClFN3/c1-10-3-5-13-12(16(10)20-2)7-8-21-17(13)22-15-6-4-11(18)9-14(15)19/h3-9,20H,1-2H3,(H,21,22). The van der Waals surface area contributed by atoms with E-state index < -0.39 is 5.82 Å². The summed E-state index contributed by atoms with van der Waals surface area (Å²) in [7, 11) is 1.88. The predicted octanol–water partition coefficient (Wildman–Crippen LogP) is 5.12. The number of aromatic nitrogens is 1. The van der Waals surface area contributed by atoms with Gasteiger partial charge in [-0.15, -0.1) is 0 Å². The molecular formula is C17H15ClFN3. The van der Waals surface area contributed by atoms with Gasteiger partial charge in [-0.25, -0.2) is 9.37 Å². The molecule has 0 bridgehead atoms. The molecule has 3 aromatic rings. The number of pyridine rings is 1. The molecule has 0 aliphatic heterocycles. The van der Waals surface area contributed by atoms with Crippen molar-refractivity contribution < 1.29 is 4.39 Å². The third kappa shape index (κ3) is 2.57. The van der Waals surface area contributed by atoms with Crippen LogP contribution >= 0.6 is 11.6 Å². The summed E-state index contributed by atoms with van der Waals surface area (Å²) >= 11 is 5.78. The second-order valence-electron chi connectivity index (χ2n) is 5.01. The molecule has 22 heavy (non-hydrogen) atoms. The average Bonchev–Trinajstić information content (AvgIpc) is 2.50. The number of benzene rings is 2. The van der Waals surface area contributed by atoms with Gasteiger partial charge in [-0.1, -0.05) is 23.7 Å². The number of hydrogen-bond acceptors (Lipinski definition) is 3. The zero-order valence-electron chi connectivity index (χ0n) is 12.2. The molecular weight excluding hydrogens is 301 g/mol. The second kappa shape index (κ2) is 5.81. The maximum Gasteiger partial charge on any atom is 0.148 e. The molecule has 1 heterocycles. The fourth-order valence-electron chi connectivity index (χ4n) is 2.51. The summed E-state index contributed by atoms with van der Waals surface area (Å²) < 4.78 is 14.0. The summed E-state index contributed by atoms with van der Waals surface area (Å²) in [6.07, 6.45) is 1.71. The van der Waals surface area contributed by atoms with E-state index in [4.69, 9.17) is 11.6 Å². The minimum Gasteiger partial charge on any atom is -0.387 e. The van der Waals surface area contributed by atoms with Gasteiger partial charge in [-0.3, -0.25) is 0 Å². The van der Waals surface area contributed by atoms with Crippen LogP contribution in [0.3, 0.4) is 0 Å². The maximum atomic E-state index is 14.0. The van der Waals surface area contributed by atoms with E-state index in [0.29, 0.717) is 16.5 Å². The van der Waals surface area contributed by atoms with Crippen molar-refractivity contribution in [3.05, 3.63) is 59.0 Å². The van der Waals surface area contributed by atoms with Crippen molar-refractivity contribution in [1.29, 1.82) is 0 Å². The molecule has 0 fully saturated rings. The zero-order chi connectivity index (χ0) is 15.7. The van der Waals surface area contributed by atoms with E-state index in [2.05, 4.69) is 15.6 Å². The van der Waals surface area contributed by atoms with Crippen molar-refractivity contribution in [2.24, 2.45) is 0 Å². The molecule has 0 spiro atoms. The van der Waals surface area contributed by atoms with Crippen LogP contribution in [0.1, 0.15) is 5.56 Å². The lowest BCUT2D eigenvalue weighted by Gasteiger charge is -2.13. The SMILES string of the molecule is CNc1c(C)ccc2c(Nc3ccc(Cl)cc3F)nccc12. The van der Waals surface area contributed by atoms with E-state index in [9.17, 15) is 4.39 Å². The Hall–Kier alpha value is -2.33. The Morgan fingerprint density at radius 2 is 1.91 bits per heavy atom. The van der Waals surface area contributed by atoms with Crippen LogP contribution in [0.25, 0.3) is 10.8 Å². The van der Waals surface area contributed by atoms with Crippen molar-refractivity contribution in [1.82, 2.24) is 4.98 Å². The van der Waals surface area contributed by atoms with Crippen LogP contribution in [0.2, 0.25) is 5.02 Å². The highest BCUT2D eigenvalue weighted by Crippen LogP contribution is 2.32. The summed E-state index contributed by atoms with van der Waals surface area (Å²) in [5.74, 6) is 0.197. The van der Waals surface area contributed by atoms with Gasteiger partial charge < -0.3 is 10.6 Å². The molecule has 2 N–H and O–H groups in total. The molecule has 3 nitrogen and oxygen atoms in total. The molecule has 0 amide bonds. The van der Waals surface area contributed by atoms with Crippen LogP contribution in [0, 0.1) is 12.7 Å². The maximum absolute atomic E-state index is 14.0. The number of rotatable bonds is 3. The first kappa shape index (κ1) is 14.6. The Bertz CT molecular complexity index is 849. The molecule has 0 unspecified atom stereocenters. The van der Waals surface area contributed by atoms with Crippen molar-refractivity contribution in [2.75, 3.05) is 17.7 Å². The number of anilines is 3. The van der Waals surface area contributed by atoms with E-state index in [0.717, 1.165) is 22.0 Å². The normalized spacial score (nSPS) is 10.7. The number of aryl methyl sites for hydroxylation is 1. The lowest BCUT2D eigenvalue weighted by Crippen LogP contribution is -1.99. The van der Waals surface area contributed by atoms with Crippen molar-refractivity contribution in [3.63, 3.8) is 0 Å². The monoisotopic (exact) mass is 315 g/mol. The van der Waals surface area contributed by atoms with Crippen molar-refractivity contribution in [2.45, 2.75) is 6.92 Å². The number of fused-ring (bicyclic) bond motifs is 1. The number of nitrogens with one attached hydrogen (secondary N) is 2. The molecule has 0 aliphatic carbocycles. The number of halogens is 2. The second-order valence-corrected chi connectivity index (χ2v) is 5.45. The minimum atomic E-state index is -0.410. The van der Waals surface area contributed by atoms with Crippen LogP contribution in [-0.2, 0) is 0 Å². The van der Waals surface area contributed by atoms with Crippen LogP contribution in [-0.4, -0.2) is 12.0 Å². The Balaban J connectivity index is 2.11. The highest BCUT2D eigenvalue weighted by molar-refractivity contribution is 6.30. The summed E-state index contributed by atoms with van der Waals surface area (Å²) in [6, 6.07) is 10.5. The molecule has 0 radical (unpaired) electrons. The molecule has 2 aromatic carbocycles. The summed E-state index contributed by atoms with van der Waals surface area (Å²) in [4.78, 5) is 4.33. The first-order valence-electron chi connectivity index (χ1n) is 6.88. The largest absolute Gasteiger partial charge is 0.387 e. The number of hydrogen-bond donors (Lipinski definition) is 2. The van der Waals surface area contributed by atoms with Crippen molar-refractivity contribution in [3.8, 4) is 0 Å². The molecule has 0 aliphatic rings. The van der Waals surface area contributed by atoms with E-state index in [1.807, 2.05) is 32.2 Å². The fraction of sp³-hybridized carbons (Fsp3) is 0.118. The molecule has 0 saturated carbocycles. The third-order valence-electron chi connectivity index (χ3n) is 3.59. The smallest absolute Gasteiger partial charge is 0.148 e. The van der Waals surface area contributed by atoms with Gasteiger partial charge in [0.25, 0.3) is 0 Å². The van der Waals surface area contributed by atoms with Gasteiger partial charge in [0.15, 0.2) is 0 Å². The Labute approximate surface area is 133 Å². The number of nitrogens with zero attached hydrogens (tertiary/aromatic N) is 1. The molecule has 1 aromatic heterocycles.